The Morgan fingerprint density at radius 3 is 2.63 bits per heavy atom. The van der Waals surface area contributed by atoms with Crippen LogP contribution in [-0.2, 0) is 4.79 Å². The van der Waals surface area contributed by atoms with Gasteiger partial charge in [0.1, 0.15) is 5.75 Å². The molecule has 0 saturated carbocycles. The Kier molecular flexibility index (Phi) is 9.00. The van der Waals surface area contributed by atoms with Gasteiger partial charge in [-0.3, -0.25) is 4.79 Å². The number of benzene rings is 1. The summed E-state index contributed by atoms with van der Waals surface area (Å²) >= 11 is 0. The second-order valence-electron chi connectivity index (χ2n) is 4.09. The predicted molar refractivity (Wildman–Crippen MR) is 81.2 cm³/mol. The van der Waals surface area contributed by atoms with Gasteiger partial charge in [-0.1, -0.05) is 19.1 Å². The zero-order valence-corrected chi connectivity index (χ0v) is 12.5. The third-order valence-electron chi connectivity index (χ3n) is 2.54. The molecule has 1 aromatic carbocycles. The Labute approximate surface area is 121 Å². The van der Waals surface area contributed by atoms with Gasteiger partial charge in [0.2, 0.25) is 5.91 Å². The first kappa shape index (κ1) is 17.7. The van der Waals surface area contributed by atoms with Gasteiger partial charge >= 0.3 is 0 Å². The Morgan fingerprint density at radius 2 is 2.00 bits per heavy atom. The largest absolute Gasteiger partial charge is 0.492 e. The number of carbonyl (C=O) groups is 1. The average molecular weight is 287 g/mol. The number of hydrogen-bond acceptors (Lipinski definition) is 3. The van der Waals surface area contributed by atoms with Gasteiger partial charge < -0.3 is 15.4 Å². The molecule has 4 nitrogen and oxygen atoms in total. The van der Waals surface area contributed by atoms with E-state index in [0.29, 0.717) is 12.4 Å². The number of anilines is 1. The first-order valence-electron chi connectivity index (χ1n) is 6.45. The monoisotopic (exact) mass is 286 g/mol. The summed E-state index contributed by atoms with van der Waals surface area (Å²) in [5.74, 6) is 0.659. The van der Waals surface area contributed by atoms with Crippen LogP contribution in [-0.4, -0.2) is 25.1 Å². The first-order chi connectivity index (χ1) is 8.69. The molecular weight excluding hydrogens is 264 g/mol. The zero-order valence-electron chi connectivity index (χ0n) is 11.7. The molecule has 0 aliphatic rings. The number of amides is 1. The first-order valence-corrected chi connectivity index (χ1v) is 6.45. The highest BCUT2D eigenvalue weighted by Gasteiger charge is 2.13. The van der Waals surface area contributed by atoms with Crippen LogP contribution in [0.1, 0.15) is 27.2 Å². The topological polar surface area (TPSA) is 50.4 Å². The molecule has 19 heavy (non-hydrogen) atoms. The molecule has 0 aromatic heterocycles. The highest BCUT2D eigenvalue weighted by molar-refractivity contribution is 5.95. The standard InChI is InChI=1S/C14H22N2O2.ClH/c1-4-10-15-11(3)14(17)16-12-8-6-7-9-13(12)18-5-2;/h6-9,11,15H,4-5,10H2,1-3H3,(H,16,17);1H. The SMILES string of the molecule is CCCNC(C)C(=O)Nc1ccccc1OCC.Cl. The minimum Gasteiger partial charge on any atom is -0.492 e. The van der Waals surface area contributed by atoms with Crippen molar-refractivity contribution in [2.24, 2.45) is 0 Å². The van der Waals surface area contributed by atoms with Crippen LogP contribution in [0.4, 0.5) is 5.69 Å². The van der Waals surface area contributed by atoms with Crippen LogP contribution in [0.3, 0.4) is 0 Å². The van der Waals surface area contributed by atoms with Crippen molar-refractivity contribution in [1.29, 1.82) is 0 Å². The van der Waals surface area contributed by atoms with Gasteiger partial charge in [-0.25, -0.2) is 0 Å². The van der Waals surface area contributed by atoms with Gasteiger partial charge in [-0.2, -0.15) is 0 Å². The third-order valence-corrected chi connectivity index (χ3v) is 2.54. The molecule has 0 saturated heterocycles. The van der Waals surface area contributed by atoms with Crippen molar-refractivity contribution >= 4 is 24.0 Å². The Hall–Kier alpha value is -1.26. The van der Waals surface area contributed by atoms with E-state index in [-0.39, 0.29) is 24.4 Å². The second kappa shape index (κ2) is 9.64. The van der Waals surface area contributed by atoms with Crippen molar-refractivity contribution in [3.63, 3.8) is 0 Å². The minimum absolute atomic E-state index is 0. The van der Waals surface area contributed by atoms with Gasteiger partial charge in [0.05, 0.1) is 18.3 Å². The second-order valence-corrected chi connectivity index (χ2v) is 4.09. The quantitative estimate of drug-likeness (QED) is 0.810. The Balaban J connectivity index is 0.00000324. The van der Waals surface area contributed by atoms with Crippen molar-refractivity contribution in [2.45, 2.75) is 33.2 Å². The summed E-state index contributed by atoms with van der Waals surface area (Å²) in [5, 5.41) is 6.03. The maximum Gasteiger partial charge on any atom is 0.241 e. The molecule has 2 N–H and O–H groups in total. The van der Waals surface area contributed by atoms with Gasteiger partial charge in [0.15, 0.2) is 0 Å². The highest BCUT2D eigenvalue weighted by atomic mass is 35.5. The van der Waals surface area contributed by atoms with E-state index in [1.807, 2.05) is 38.1 Å². The maximum absolute atomic E-state index is 11.9. The molecule has 1 aromatic rings. The van der Waals surface area contributed by atoms with E-state index in [4.69, 9.17) is 4.74 Å². The summed E-state index contributed by atoms with van der Waals surface area (Å²) in [7, 11) is 0. The molecule has 0 aliphatic carbocycles. The van der Waals surface area contributed by atoms with Crippen molar-refractivity contribution in [3.8, 4) is 5.75 Å². The Morgan fingerprint density at radius 1 is 1.32 bits per heavy atom. The summed E-state index contributed by atoms with van der Waals surface area (Å²) in [6.45, 7) is 7.26. The summed E-state index contributed by atoms with van der Waals surface area (Å²) in [4.78, 5) is 11.9. The van der Waals surface area contributed by atoms with Crippen LogP contribution >= 0.6 is 12.4 Å². The van der Waals surface area contributed by atoms with E-state index >= 15 is 0 Å². The fourth-order valence-electron chi connectivity index (χ4n) is 1.55. The number of para-hydroxylation sites is 2. The summed E-state index contributed by atoms with van der Waals surface area (Å²) in [5.41, 5.74) is 0.717. The number of ether oxygens (including phenoxy) is 1. The normalized spacial score (nSPS) is 11.3. The molecule has 0 radical (unpaired) electrons. The highest BCUT2D eigenvalue weighted by Crippen LogP contribution is 2.23. The van der Waals surface area contributed by atoms with E-state index in [2.05, 4.69) is 17.6 Å². The number of nitrogens with one attached hydrogen (secondary N) is 2. The van der Waals surface area contributed by atoms with Crippen LogP contribution in [0.2, 0.25) is 0 Å². The molecule has 0 bridgehead atoms. The lowest BCUT2D eigenvalue weighted by Crippen LogP contribution is -2.38. The van der Waals surface area contributed by atoms with E-state index < -0.39 is 0 Å². The smallest absolute Gasteiger partial charge is 0.241 e. The van der Waals surface area contributed by atoms with Crippen molar-refractivity contribution < 1.29 is 9.53 Å². The van der Waals surface area contributed by atoms with Crippen LogP contribution in [0.15, 0.2) is 24.3 Å². The average Bonchev–Trinajstić information content (AvgIpc) is 2.38. The fraction of sp³-hybridized carbons (Fsp3) is 0.500. The van der Waals surface area contributed by atoms with Crippen LogP contribution in [0, 0.1) is 0 Å². The molecule has 0 fully saturated rings. The van der Waals surface area contributed by atoms with Gasteiger partial charge in [0.25, 0.3) is 0 Å². The zero-order chi connectivity index (χ0) is 13.4. The Bertz CT molecular complexity index is 385. The van der Waals surface area contributed by atoms with E-state index in [1.54, 1.807) is 0 Å². The third kappa shape index (κ3) is 5.94. The molecule has 0 heterocycles. The number of carbonyl (C=O) groups excluding carboxylic acids is 1. The molecule has 1 rings (SSSR count). The molecular formula is C14H23ClN2O2. The summed E-state index contributed by atoms with van der Waals surface area (Å²) in [6, 6.07) is 7.25. The van der Waals surface area contributed by atoms with E-state index in [1.165, 1.54) is 0 Å². The molecule has 5 heteroatoms. The van der Waals surface area contributed by atoms with E-state index in [9.17, 15) is 4.79 Å². The van der Waals surface area contributed by atoms with Crippen molar-refractivity contribution in [3.05, 3.63) is 24.3 Å². The van der Waals surface area contributed by atoms with Crippen molar-refractivity contribution in [2.75, 3.05) is 18.5 Å². The van der Waals surface area contributed by atoms with Crippen LogP contribution in [0.5, 0.6) is 5.75 Å². The van der Waals surface area contributed by atoms with Gasteiger partial charge in [0, 0.05) is 0 Å². The van der Waals surface area contributed by atoms with E-state index in [0.717, 1.165) is 18.7 Å². The molecule has 108 valence electrons. The van der Waals surface area contributed by atoms with Crippen LogP contribution < -0.4 is 15.4 Å². The molecule has 0 spiro atoms. The molecule has 1 atom stereocenters. The molecule has 1 amide bonds. The van der Waals surface area contributed by atoms with Gasteiger partial charge in [-0.15, -0.1) is 12.4 Å². The van der Waals surface area contributed by atoms with Crippen LogP contribution in [0.25, 0.3) is 0 Å². The summed E-state index contributed by atoms with van der Waals surface area (Å²) < 4.78 is 5.46. The number of halogens is 1. The minimum atomic E-state index is -0.209. The fourth-order valence-corrected chi connectivity index (χ4v) is 1.55. The van der Waals surface area contributed by atoms with Crippen molar-refractivity contribution in [1.82, 2.24) is 5.32 Å². The predicted octanol–water partition coefficient (Wildman–Crippen LogP) is 2.83. The molecule has 0 aliphatic heterocycles. The lowest BCUT2D eigenvalue weighted by molar-refractivity contribution is -0.117. The number of hydrogen-bond donors (Lipinski definition) is 2. The summed E-state index contributed by atoms with van der Waals surface area (Å²) in [6.07, 6.45) is 1.01. The molecule has 1 unspecified atom stereocenters. The lowest BCUT2D eigenvalue weighted by atomic mass is 10.2. The maximum atomic E-state index is 11.9. The van der Waals surface area contributed by atoms with Gasteiger partial charge in [-0.05, 0) is 38.9 Å². The number of rotatable bonds is 7. The lowest BCUT2D eigenvalue weighted by Gasteiger charge is -2.15.